The highest BCUT2D eigenvalue weighted by Gasteiger charge is 1.98. The van der Waals surface area contributed by atoms with Crippen molar-refractivity contribution in [3.63, 3.8) is 0 Å². The minimum absolute atomic E-state index is 1.06. The summed E-state index contributed by atoms with van der Waals surface area (Å²) in [5.41, 5.74) is 1.20. The fraction of sp³-hybridized carbons (Fsp3) is 0.625. The van der Waals surface area contributed by atoms with Crippen LogP contribution in [0.3, 0.4) is 0 Å². The van der Waals surface area contributed by atoms with Gasteiger partial charge in [0, 0.05) is 18.6 Å². The molecule has 1 heterocycles. The first-order valence-corrected chi connectivity index (χ1v) is 4.91. The van der Waals surface area contributed by atoms with E-state index in [1.54, 1.807) is 0 Å². The molecule has 62 valence electrons. The van der Waals surface area contributed by atoms with Crippen LogP contribution in [0.1, 0.15) is 17.9 Å². The first kappa shape index (κ1) is 8.78. The van der Waals surface area contributed by atoms with Gasteiger partial charge in [0.25, 0.3) is 0 Å². The highest BCUT2D eigenvalue weighted by Crippen LogP contribution is 2.03. The van der Waals surface area contributed by atoms with E-state index >= 15 is 0 Å². The molecule has 0 aromatic carbocycles. The fourth-order valence-electron chi connectivity index (χ4n) is 1.00. The van der Waals surface area contributed by atoms with Gasteiger partial charge >= 0.3 is 0 Å². The maximum absolute atomic E-state index is 4.39. The highest BCUT2D eigenvalue weighted by molar-refractivity contribution is 9.09. The number of imidazole rings is 1. The number of aromatic nitrogens is 2. The predicted octanol–water partition coefficient (Wildman–Crippen LogP) is 2.06. The average molecular weight is 217 g/mol. The van der Waals surface area contributed by atoms with Crippen LogP contribution in [0.2, 0.25) is 0 Å². The molecule has 0 saturated carbocycles. The van der Waals surface area contributed by atoms with Crippen molar-refractivity contribution >= 4 is 15.9 Å². The standard InChI is InChI=1S/C8H13BrN2/c1-7-10-8(4-3-5-9)6-11(7)2/h6H,3-5H2,1-2H3. The first-order valence-electron chi connectivity index (χ1n) is 3.79. The summed E-state index contributed by atoms with van der Waals surface area (Å²) in [7, 11) is 2.03. The van der Waals surface area contributed by atoms with Crippen LogP contribution in [0, 0.1) is 6.92 Å². The molecule has 1 rings (SSSR count). The molecule has 11 heavy (non-hydrogen) atoms. The predicted molar refractivity (Wildman–Crippen MR) is 50.1 cm³/mol. The molecule has 0 unspecified atom stereocenters. The zero-order chi connectivity index (χ0) is 8.27. The Bertz CT molecular complexity index is 210. The number of halogens is 1. The Hall–Kier alpha value is -0.310. The summed E-state index contributed by atoms with van der Waals surface area (Å²) < 4.78 is 2.06. The molecular formula is C8H13BrN2. The molecule has 0 amide bonds. The second kappa shape index (κ2) is 3.90. The van der Waals surface area contributed by atoms with Crippen molar-refractivity contribution in [1.82, 2.24) is 9.55 Å². The Labute approximate surface area is 75.8 Å². The van der Waals surface area contributed by atoms with Gasteiger partial charge in [-0.15, -0.1) is 0 Å². The summed E-state index contributed by atoms with van der Waals surface area (Å²) in [5.74, 6) is 1.09. The minimum Gasteiger partial charge on any atom is -0.338 e. The van der Waals surface area contributed by atoms with Gasteiger partial charge in [-0.2, -0.15) is 0 Å². The van der Waals surface area contributed by atoms with E-state index in [4.69, 9.17) is 0 Å². The van der Waals surface area contributed by atoms with Crippen molar-refractivity contribution in [2.24, 2.45) is 7.05 Å². The molecule has 0 atom stereocenters. The van der Waals surface area contributed by atoms with Crippen LogP contribution in [0.5, 0.6) is 0 Å². The van der Waals surface area contributed by atoms with Crippen LogP contribution >= 0.6 is 15.9 Å². The Kier molecular flexibility index (Phi) is 3.12. The lowest BCUT2D eigenvalue weighted by Crippen LogP contribution is -1.86. The largest absolute Gasteiger partial charge is 0.338 e. The molecule has 0 bridgehead atoms. The van der Waals surface area contributed by atoms with Gasteiger partial charge in [0.15, 0.2) is 0 Å². The van der Waals surface area contributed by atoms with E-state index in [1.807, 2.05) is 14.0 Å². The monoisotopic (exact) mass is 216 g/mol. The summed E-state index contributed by atoms with van der Waals surface area (Å²) in [5, 5.41) is 1.06. The van der Waals surface area contributed by atoms with Gasteiger partial charge in [-0.1, -0.05) is 15.9 Å². The average Bonchev–Trinajstić information content (AvgIpc) is 2.28. The fourth-order valence-corrected chi connectivity index (χ4v) is 1.28. The first-order chi connectivity index (χ1) is 5.24. The van der Waals surface area contributed by atoms with Crippen LogP contribution < -0.4 is 0 Å². The molecule has 0 saturated heterocycles. The van der Waals surface area contributed by atoms with Gasteiger partial charge < -0.3 is 4.57 Å². The van der Waals surface area contributed by atoms with Crippen molar-refractivity contribution in [3.05, 3.63) is 17.7 Å². The molecule has 0 radical (unpaired) electrons. The number of aryl methyl sites for hydroxylation is 3. The second-order valence-electron chi connectivity index (χ2n) is 2.68. The summed E-state index contributed by atoms with van der Waals surface area (Å²) in [4.78, 5) is 4.39. The third-order valence-electron chi connectivity index (χ3n) is 1.73. The topological polar surface area (TPSA) is 17.8 Å². The highest BCUT2D eigenvalue weighted by atomic mass is 79.9. The van der Waals surface area contributed by atoms with Crippen LogP contribution in [0.15, 0.2) is 6.20 Å². The maximum atomic E-state index is 4.39. The molecule has 0 N–H and O–H groups in total. The number of hydrogen-bond acceptors (Lipinski definition) is 1. The van der Waals surface area contributed by atoms with Crippen molar-refractivity contribution in [2.45, 2.75) is 19.8 Å². The van der Waals surface area contributed by atoms with E-state index in [1.165, 1.54) is 5.69 Å². The maximum Gasteiger partial charge on any atom is 0.105 e. The van der Waals surface area contributed by atoms with Crippen LogP contribution in [-0.4, -0.2) is 14.9 Å². The third-order valence-corrected chi connectivity index (χ3v) is 2.29. The van der Waals surface area contributed by atoms with E-state index in [2.05, 4.69) is 31.7 Å². The van der Waals surface area contributed by atoms with E-state index < -0.39 is 0 Å². The molecule has 0 aliphatic rings. The minimum atomic E-state index is 1.06. The van der Waals surface area contributed by atoms with E-state index in [-0.39, 0.29) is 0 Å². The SMILES string of the molecule is Cc1nc(CCCBr)cn1C. The van der Waals surface area contributed by atoms with Crippen LogP contribution in [0.4, 0.5) is 0 Å². The normalized spacial score (nSPS) is 10.5. The summed E-state index contributed by atoms with van der Waals surface area (Å²) in [6.07, 6.45) is 4.33. The summed E-state index contributed by atoms with van der Waals surface area (Å²) in [6.45, 7) is 2.03. The second-order valence-corrected chi connectivity index (χ2v) is 3.48. The third kappa shape index (κ3) is 2.33. The molecule has 0 fully saturated rings. The lowest BCUT2D eigenvalue weighted by molar-refractivity contribution is 0.858. The number of nitrogens with zero attached hydrogens (tertiary/aromatic N) is 2. The lowest BCUT2D eigenvalue weighted by atomic mass is 10.3. The molecule has 2 nitrogen and oxygen atoms in total. The van der Waals surface area contributed by atoms with Gasteiger partial charge in [-0.25, -0.2) is 4.98 Å². The molecule has 1 aromatic rings. The molecule has 0 spiro atoms. The smallest absolute Gasteiger partial charge is 0.105 e. The van der Waals surface area contributed by atoms with Crippen molar-refractivity contribution in [1.29, 1.82) is 0 Å². The van der Waals surface area contributed by atoms with Gasteiger partial charge in [0.1, 0.15) is 5.82 Å². The van der Waals surface area contributed by atoms with Gasteiger partial charge in [-0.05, 0) is 19.8 Å². The Balaban J connectivity index is 2.58. The number of alkyl halides is 1. The zero-order valence-electron chi connectivity index (χ0n) is 6.97. The molecule has 0 aliphatic heterocycles. The van der Waals surface area contributed by atoms with Crippen LogP contribution in [-0.2, 0) is 13.5 Å². The zero-order valence-corrected chi connectivity index (χ0v) is 8.56. The summed E-state index contributed by atoms with van der Waals surface area (Å²) in [6, 6.07) is 0. The van der Waals surface area contributed by atoms with E-state index in [9.17, 15) is 0 Å². The van der Waals surface area contributed by atoms with Gasteiger partial charge in [0.2, 0.25) is 0 Å². The van der Waals surface area contributed by atoms with Crippen molar-refractivity contribution in [2.75, 3.05) is 5.33 Å². The lowest BCUT2D eigenvalue weighted by Gasteiger charge is -1.89. The molecule has 3 heteroatoms. The van der Waals surface area contributed by atoms with Crippen LogP contribution in [0.25, 0.3) is 0 Å². The Morgan fingerprint density at radius 1 is 1.64 bits per heavy atom. The van der Waals surface area contributed by atoms with Crippen molar-refractivity contribution in [3.8, 4) is 0 Å². The summed E-state index contributed by atoms with van der Waals surface area (Å²) >= 11 is 3.40. The Morgan fingerprint density at radius 3 is 2.82 bits per heavy atom. The van der Waals surface area contributed by atoms with E-state index in [0.29, 0.717) is 0 Å². The number of rotatable bonds is 3. The van der Waals surface area contributed by atoms with Gasteiger partial charge in [-0.3, -0.25) is 0 Å². The Morgan fingerprint density at radius 2 is 2.36 bits per heavy atom. The van der Waals surface area contributed by atoms with Crippen molar-refractivity contribution < 1.29 is 0 Å². The van der Waals surface area contributed by atoms with E-state index in [0.717, 1.165) is 24.0 Å². The quantitative estimate of drug-likeness (QED) is 0.708. The molecular weight excluding hydrogens is 204 g/mol. The molecule has 1 aromatic heterocycles. The van der Waals surface area contributed by atoms with Gasteiger partial charge in [0.05, 0.1) is 5.69 Å². The number of hydrogen-bond donors (Lipinski definition) is 0. The molecule has 0 aliphatic carbocycles.